The zero-order valence-corrected chi connectivity index (χ0v) is 15.1. The van der Waals surface area contributed by atoms with Gasteiger partial charge < -0.3 is 5.32 Å². The van der Waals surface area contributed by atoms with E-state index >= 15 is 0 Å². The summed E-state index contributed by atoms with van der Waals surface area (Å²) in [6, 6.07) is 11.3. The smallest absolute Gasteiger partial charge is 0.0521 e. The molecule has 20 heavy (non-hydrogen) atoms. The fourth-order valence-corrected chi connectivity index (χ4v) is 4.90. The number of thiophene rings is 1. The Hall–Kier alpha value is -0.290. The maximum Gasteiger partial charge on any atom is 0.0521 e. The van der Waals surface area contributed by atoms with Crippen LogP contribution in [0.3, 0.4) is 0 Å². The highest BCUT2D eigenvalue weighted by Gasteiger charge is 2.15. The number of thioether (sulfide) groups is 1. The normalized spacial score (nSPS) is 12.6. The molecule has 1 atom stereocenters. The summed E-state index contributed by atoms with van der Waals surface area (Å²) in [5.74, 6) is 1.06. The van der Waals surface area contributed by atoms with E-state index in [1.54, 1.807) is 0 Å². The van der Waals surface area contributed by atoms with E-state index in [9.17, 15) is 0 Å². The molecule has 0 amide bonds. The molecule has 0 aliphatic heterocycles. The zero-order chi connectivity index (χ0) is 14.4. The number of halogens is 1. The van der Waals surface area contributed by atoms with Crippen LogP contribution < -0.4 is 5.32 Å². The van der Waals surface area contributed by atoms with Gasteiger partial charge in [0.25, 0.3) is 0 Å². The molecule has 0 fully saturated rings. The lowest BCUT2D eigenvalue weighted by Gasteiger charge is -2.17. The van der Waals surface area contributed by atoms with Crippen LogP contribution in [0.5, 0.6) is 0 Å². The molecule has 0 saturated heterocycles. The van der Waals surface area contributed by atoms with Crippen LogP contribution in [0.15, 0.2) is 45.1 Å². The fourth-order valence-electron chi connectivity index (χ4n) is 1.98. The van der Waals surface area contributed by atoms with E-state index in [1.165, 1.54) is 19.8 Å². The second-order valence-corrected chi connectivity index (χ2v) is 7.66. The van der Waals surface area contributed by atoms with Gasteiger partial charge in [0.15, 0.2) is 0 Å². The van der Waals surface area contributed by atoms with Gasteiger partial charge in [0, 0.05) is 20.0 Å². The molecule has 0 radical (unpaired) electrons. The van der Waals surface area contributed by atoms with Crippen molar-refractivity contribution in [2.45, 2.75) is 31.2 Å². The maximum atomic E-state index is 3.66. The zero-order valence-electron chi connectivity index (χ0n) is 11.9. The highest BCUT2D eigenvalue weighted by atomic mass is 79.9. The van der Waals surface area contributed by atoms with Crippen LogP contribution >= 0.6 is 39.0 Å². The molecular formula is C16H20BrNS2. The van der Waals surface area contributed by atoms with Crippen molar-refractivity contribution in [3.8, 4) is 0 Å². The predicted molar refractivity (Wildman–Crippen MR) is 95.0 cm³/mol. The molecule has 0 aliphatic rings. The lowest BCUT2D eigenvalue weighted by atomic mass is 10.2. The first kappa shape index (κ1) is 16.1. The summed E-state index contributed by atoms with van der Waals surface area (Å²) < 4.78 is 1.22. The number of aryl methyl sites for hydroxylation is 1. The minimum absolute atomic E-state index is 0.412. The van der Waals surface area contributed by atoms with E-state index in [4.69, 9.17) is 0 Å². The number of benzene rings is 1. The molecule has 0 spiro atoms. The Labute approximate surface area is 138 Å². The Morgan fingerprint density at radius 3 is 2.85 bits per heavy atom. The molecule has 0 bridgehead atoms. The second-order valence-electron chi connectivity index (χ2n) is 4.77. The van der Waals surface area contributed by atoms with Crippen molar-refractivity contribution < 1.29 is 0 Å². The molecule has 0 saturated carbocycles. The van der Waals surface area contributed by atoms with E-state index in [1.807, 2.05) is 23.1 Å². The molecule has 4 heteroatoms. The summed E-state index contributed by atoms with van der Waals surface area (Å²) in [4.78, 5) is 2.75. The average molecular weight is 370 g/mol. The summed E-state index contributed by atoms with van der Waals surface area (Å²) in [6.07, 6.45) is 1.16. The van der Waals surface area contributed by atoms with E-state index in [-0.39, 0.29) is 0 Å². The number of hydrogen-bond acceptors (Lipinski definition) is 3. The van der Waals surface area contributed by atoms with E-state index in [0.717, 1.165) is 18.7 Å². The molecule has 0 aliphatic carbocycles. The monoisotopic (exact) mass is 369 g/mol. The van der Waals surface area contributed by atoms with Gasteiger partial charge in [0.05, 0.1) is 6.04 Å². The lowest BCUT2D eigenvalue weighted by molar-refractivity contribution is 0.583. The summed E-state index contributed by atoms with van der Waals surface area (Å²) in [5, 5.41) is 5.81. The number of rotatable bonds is 7. The number of nitrogens with one attached hydrogen (secondary N) is 1. The Balaban J connectivity index is 2.03. The Morgan fingerprint density at radius 1 is 1.35 bits per heavy atom. The third kappa shape index (κ3) is 4.62. The lowest BCUT2D eigenvalue weighted by Crippen LogP contribution is -2.23. The topological polar surface area (TPSA) is 12.0 Å². The first-order valence-corrected chi connectivity index (χ1v) is 9.52. The quantitative estimate of drug-likeness (QED) is 0.632. The second kappa shape index (κ2) is 8.23. The van der Waals surface area contributed by atoms with Crippen LogP contribution in [-0.2, 0) is 0 Å². The highest BCUT2D eigenvalue weighted by Crippen LogP contribution is 2.33. The van der Waals surface area contributed by atoms with Crippen molar-refractivity contribution in [1.82, 2.24) is 5.32 Å². The maximum absolute atomic E-state index is 3.66. The average Bonchev–Trinajstić information content (AvgIpc) is 2.85. The van der Waals surface area contributed by atoms with Crippen LogP contribution in [0.25, 0.3) is 0 Å². The molecule has 1 heterocycles. The molecule has 108 valence electrons. The van der Waals surface area contributed by atoms with Gasteiger partial charge in [-0.15, -0.1) is 23.1 Å². The standard InChI is InChI=1S/C16H20BrNS2/c1-3-8-18-15(16-14(17)7-9-19-16)11-20-13-6-4-5-12(2)10-13/h4-7,9-10,15,18H,3,8,11H2,1-2H3. The molecular weight excluding hydrogens is 350 g/mol. The Morgan fingerprint density at radius 2 is 2.20 bits per heavy atom. The van der Waals surface area contributed by atoms with Crippen molar-refractivity contribution in [2.24, 2.45) is 0 Å². The van der Waals surface area contributed by atoms with Gasteiger partial charge in [-0.25, -0.2) is 0 Å². The summed E-state index contributed by atoms with van der Waals surface area (Å²) in [7, 11) is 0. The van der Waals surface area contributed by atoms with Gasteiger partial charge in [-0.2, -0.15) is 0 Å². The number of hydrogen-bond donors (Lipinski definition) is 1. The summed E-state index contributed by atoms with van der Waals surface area (Å²) in [5.41, 5.74) is 1.32. The minimum atomic E-state index is 0.412. The van der Waals surface area contributed by atoms with Crippen LogP contribution in [0.2, 0.25) is 0 Å². The van der Waals surface area contributed by atoms with Gasteiger partial charge in [0.1, 0.15) is 0 Å². The summed E-state index contributed by atoms with van der Waals surface area (Å²) >= 11 is 7.40. The van der Waals surface area contributed by atoms with Crippen LogP contribution in [0.1, 0.15) is 29.8 Å². The molecule has 1 aromatic heterocycles. The van der Waals surface area contributed by atoms with Gasteiger partial charge in [-0.3, -0.25) is 0 Å². The third-order valence-electron chi connectivity index (χ3n) is 3.01. The van der Waals surface area contributed by atoms with Crippen molar-refractivity contribution >= 4 is 39.0 Å². The summed E-state index contributed by atoms with van der Waals surface area (Å²) in [6.45, 7) is 5.41. The van der Waals surface area contributed by atoms with Gasteiger partial charge in [0.2, 0.25) is 0 Å². The van der Waals surface area contributed by atoms with Crippen molar-refractivity contribution in [3.63, 3.8) is 0 Å². The van der Waals surface area contributed by atoms with Crippen LogP contribution in [0, 0.1) is 6.92 Å². The predicted octanol–water partition coefficient (Wildman–Crippen LogP) is 5.65. The van der Waals surface area contributed by atoms with Gasteiger partial charge >= 0.3 is 0 Å². The van der Waals surface area contributed by atoms with Crippen molar-refractivity contribution in [2.75, 3.05) is 12.3 Å². The third-order valence-corrected chi connectivity index (χ3v) is 6.08. The first-order valence-electron chi connectivity index (χ1n) is 6.86. The molecule has 1 aromatic carbocycles. The molecule has 1 unspecified atom stereocenters. The SMILES string of the molecule is CCCNC(CSc1cccc(C)c1)c1sccc1Br. The molecule has 1 N–H and O–H groups in total. The van der Waals surface area contributed by atoms with Crippen molar-refractivity contribution in [1.29, 1.82) is 0 Å². The Bertz CT molecular complexity index is 539. The van der Waals surface area contributed by atoms with Crippen LogP contribution in [0.4, 0.5) is 0 Å². The van der Waals surface area contributed by atoms with Gasteiger partial charge in [-0.1, -0.05) is 24.6 Å². The van der Waals surface area contributed by atoms with E-state index in [0.29, 0.717) is 6.04 Å². The largest absolute Gasteiger partial charge is 0.309 e. The first-order chi connectivity index (χ1) is 9.70. The van der Waals surface area contributed by atoms with E-state index < -0.39 is 0 Å². The Kier molecular flexibility index (Phi) is 6.62. The van der Waals surface area contributed by atoms with Crippen LogP contribution in [-0.4, -0.2) is 12.3 Å². The van der Waals surface area contributed by atoms with Gasteiger partial charge in [-0.05, 0) is 59.4 Å². The molecule has 1 nitrogen and oxygen atoms in total. The van der Waals surface area contributed by atoms with E-state index in [2.05, 4.69) is 70.8 Å². The van der Waals surface area contributed by atoms with Crippen molar-refractivity contribution in [3.05, 3.63) is 50.6 Å². The molecule has 2 rings (SSSR count). The minimum Gasteiger partial charge on any atom is -0.309 e. The molecule has 2 aromatic rings. The fraction of sp³-hybridized carbons (Fsp3) is 0.375. The highest BCUT2D eigenvalue weighted by molar-refractivity contribution is 9.10.